The number of fused-ring (bicyclic) bond motifs is 2. The molecule has 7 rings (SSSR count). The van der Waals surface area contributed by atoms with E-state index in [2.05, 4.69) is 4.98 Å². The number of halogens is 3. The van der Waals surface area contributed by atoms with Crippen LogP contribution in [-0.4, -0.2) is 38.8 Å². The van der Waals surface area contributed by atoms with Gasteiger partial charge in [-0.15, -0.1) is 0 Å². The zero-order valence-corrected chi connectivity index (χ0v) is 23.1. The number of rotatable bonds is 8. The molecule has 2 unspecified atom stereocenters. The monoisotopic (exact) mass is 596 g/mol. The summed E-state index contributed by atoms with van der Waals surface area (Å²) < 4.78 is 58.6. The molecule has 8 nitrogen and oxygen atoms in total. The Bertz CT molecular complexity index is 2020. The lowest BCUT2D eigenvalue weighted by molar-refractivity contribution is 0.0697. The fourth-order valence-corrected chi connectivity index (χ4v) is 5.97. The van der Waals surface area contributed by atoms with Gasteiger partial charge in [0.1, 0.15) is 29.9 Å². The SMILES string of the molecule is N#Cc1ccc(COc2cccc(-c3cc(F)c(Cc4nc5ccc(C(=O)O)cc5n4C45COCC4C5)cc3F)n2)c(F)c1. The third-order valence-electron chi connectivity index (χ3n) is 8.33. The second kappa shape index (κ2) is 10.5. The first kappa shape index (κ1) is 27.6. The maximum atomic E-state index is 15.6. The van der Waals surface area contributed by atoms with Crippen molar-refractivity contribution in [3.63, 3.8) is 0 Å². The van der Waals surface area contributed by atoms with Gasteiger partial charge < -0.3 is 19.1 Å². The summed E-state index contributed by atoms with van der Waals surface area (Å²) in [5, 5.41) is 18.5. The summed E-state index contributed by atoms with van der Waals surface area (Å²) in [6.45, 7) is 0.838. The topological polar surface area (TPSA) is 110 Å². The summed E-state index contributed by atoms with van der Waals surface area (Å²) in [4.78, 5) is 20.7. The van der Waals surface area contributed by atoms with Crippen molar-refractivity contribution in [1.29, 1.82) is 5.26 Å². The van der Waals surface area contributed by atoms with E-state index in [9.17, 15) is 14.3 Å². The molecular formula is C33H23F3N4O4. The Hall–Kier alpha value is -5.21. The number of aromatic carboxylic acids is 1. The molecular weight excluding hydrogens is 573 g/mol. The largest absolute Gasteiger partial charge is 0.478 e. The van der Waals surface area contributed by atoms with Crippen molar-refractivity contribution in [2.75, 3.05) is 13.2 Å². The molecule has 1 aliphatic carbocycles. The van der Waals surface area contributed by atoms with Crippen molar-refractivity contribution < 1.29 is 32.5 Å². The van der Waals surface area contributed by atoms with Gasteiger partial charge in [0.15, 0.2) is 0 Å². The fourth-order valence-electron chi connectivity index (χ4n) is 5.97. The highest BCUT2D eigenvalue weighted by molar-refractivity contribution is 5.92. The van der Waals surface area contributed by atoms with Crippen LogP contribution < -0.4 is 4.74 Å². The third kappa shape index (κ3) is 4.73. The number of imidazole rings is 1. The van der Waals surface area contributed by atoms with Gasteiger partial charge in [0.05, 0.1) is 52.7 Å². The van der Waals surface area contributed by atoms with E-state index in [0.29, 0.717) is 30.1 Å². The summed E-state index contributed by atoms with van der Waals surface area (Å²) in [7, 11) is 0. The normalized spacial score (nSPS) is 18.6. The molecule has 1 N–H and O–H groups in total. The highest BCUT2D eigenvalue weighted by Crippen LogP contribution is 2.56. The number of nitrogens with zero attached hydrogens (tertiary/aromatic N) is 4. The molecule has 1 aliphatic heterocycles. The third-order valence-corrected chi connectivity index (χ3v) is 8.33. The van der Waals surface area contributed by atoms with Crippen molar-refractivity contribution in [3.05, 3.63) is 112 Å². The van der Waals surface area contributed by atoms with Crippen LogP contribution in [-0.2, 0) is 23.3 Å². The van der Waals surface area contributed by atoms with E-state index >= 15 is 8.78 Å². The molecule has 2 aromatic heterocycles. The van der Waals surface area contributed by atoms with Gasteiger partial charge in [-0.05, 0) is 60.5 Å². The van der Waals surface area contributed by atoms with Crippen LogP contribution in [0.5, 0.6) is 5.88 Å². The van der Waals surface area contributed by atoms with Gasteiger partial charge in [0.2, 0.25) is 5.88 Å². The van der Waals surface area contributed by atoms with Crippen molar-refractivity contribution in [2.45, 2.75) is 25.0 Å². The Kier molecular flexibility index (Phi) is 6.59. The number of pyridine rings is 1. The lowest BCUT2D eigenvalue weighted by atomic mass is 10.0. The molecule has 11 heteroatoms. The zero-order valence-electron chi connectivity index (χ0n) is 23.1. The van der Waals surface area contributed by atoms with Gasteiger partial charge in [-0.25, -0.2) is 27.9 Å². The van der Waals surface area contributed by atoms with Crippen LogP contribution >= 0.6 is 0 Å². The number of nitriles is 1. The minimum atomic E-state index is -1.07. The predicted octanol–water partition coefficient (Wildman–Crippen LogP) is 6.00. The Morgan fingerprint density at radius 1 is 1.05 bits per heavy atom. The average molecular weight is 597 g/mol. The minimum Gasteiger partial charge on any atom is -0.478 e. The average Bonchev–Trinajstić information content (AvgIpc) is 3.35. The molecule has 2 fully saturated rings. The van der Waals surface area contributed by atoms with E-state index in [0.717, 1.165) is 24.6 Å². The number of aromatic nitrogens is 3. The van der Waals surface area contributed by atoms with E-state index in [-0.39, 0.29) is 63.9 Å². The highest BCUT2D eigenvalue weighted by atomic mass is 19.1. The van der Waals surface area contributed by atoms with Crippen molar-refractivity contribution in [2.24, 2.45) is 5.92 Å². The maximum absolute atomic E-state index is 15.6. The second-order valence-electron chi connectivity index (χ2n) is 11.1. The van der Waals surface area contributed by atoms with Crippen LogP contribution in [0.1, 0.15) is 39.3 Å². The Labute approximate surface area is 248 Å². The summed E-state index contributed by atoms with van der Waals surface area (Å²) in [6, 6.07) is 17.3. The molecule has 220 valence electrons. The van der Waals surface area contributed by atoms with E-state index in [1.807, 2.05) is 10.6 Å². The van der Waals surface area contributed by atoms with Crippen LogP contribution in [0.3, 0.4) is 0 Å². The predicted molar refractivity (Wildman–Crippen MR) is 151 cm³/mol. The van der Waals surface area contributed by atoms with Crippen LogP contribution in [0.4, 0.5) is 13.2 Å². The van der Waals surface area contributed by atoms with Crippen molar-refractivity contribution in [1.82, 2.24) is 14.5 Å². The van der Waals surface area contributed by atoms with Crippen LogP contribution in [0.25, 0.3) is 22.3 Å². The second-order valence-corrected chi connectivity index (χ2v) is 11.1. The maximum Gasteiger partial charge on any atom is 0.335 e. The molecule has 3 aromatic carbocycles. The molecule has 0 bridgehead atoms. The molecule has 2 atom stereocenters. The Morgan fingerprint density at radius 2 is 1.89 bits per heavy atom. The van der Waals surface area contributed by atoms with E-state index in [1.54, 1.807) is 18.2 Å². The number of benzene rings is 3. The smallest absolute Gasteiger partial charge is 0.335 e. The first-order valence-electron chi connectivity index (χ1n) is 13.9. The standard InChI is InChI=1S/C33H23F3N4O4/c34-24-8-18(14-37)4-5-20(24)15-44-31-3-1-2-27(39-31)23-12-25(35)21(9-26(23)36)11-30-38-28-7-6-19(32(41)42)10-29(28)40(30)33-13-22(33)16-43-17-33/h1-10,12,22H,11,13,15-17H2,(H,41,42). The van der Waals surface area contributed by atoms with Gasteiger partial charge in [-0.2, -0.15) is 5.26 Å². The van der Waals surface area contributed by atoms with E-state index in [4.69, 9.17) is 19.7 Å². The summed E-state index contributed by atoms with van der Waals surface area (Å²) in [5.74, 6) is -2.21. The number of carboxylic acid groups (broad SMARTS) is 1. The van der Waals surface area contributed by atoms with Crippen LogP contribution in [0.2, 0.25) is 0 Å². The van der Waals surface area contributed by atoms with Gasteiger partial charge >= 0.3 is 5.97 Å². The zero-order chi connectivity index (χ0) is 30.6. The lowest BCUT2D eigenvalue weighted by Gasteiger charge is -2.19. The van der Waals surface area contributed by atoms with E-state index < -0.39 is 23.4 Å². The molecule has 0 spiro atoms. The Balaban J connectivity index is 1.18. The Morgan fingerprint density at radius 3 is 2.61 bits per heavy atom. The summed E-state index contributed by atoms with van der Waals surface area (Å²) >= 11 is 0. The molecule has 1 saturated carbocycles. The van der Waals surface area contributed by atoms with Gasteiger partial charge in [-0.1, -0.05) is 12.1 Å². The quantitative estimate of drug-likeness (QED) is 0.234. The summed E-state index contributed by atoms with van der Waals surface area (Å²) in [5.41, 5.74) is 1.43. The number of carboxylic acids is 1. The number of carbonyl (C=O) groups is 1. The van der Waals surface area contributed by atoms with Crippen molar-refractivity contribution in [3.8, 4) is 23.2 Å². The number of ether oxygens (including phenoxy) is 2. The lowest BCUT2D eigenvalue weighted by Crippen LogP contribution is -2.24. The molecule has 0 amide bonds. The summed E-state index contributed by atoms with van der Waals surface area (Å²) in [6.07, 6.45) is 0.807. The molecule has 44 heavy (non-hydrogen) atoms. The van der Waals surface area contributed by atoms with Gasteiger partial charge in [0.25, 0.3) is 0 Å². The highest BCUT2D eigenvalue weighted by Gasteiger charge is 2.61. The molecule has 1 saturated heterocycles. The van der Waals surface area contributed by atoms with Gasteiger partial charge in [0, 0.05) is 29.5 Å². The van der Waals surface area contributed by atoms with Crippen molar-refractivity contribution >= 4 is 17.0 Å². The first-order chi connectivity index (χ1) is 21.3. The molecule has 3 heterocycles. The molecule has 2 aliphatic rings. The van der Waals surface area contributed by atoms with Gasteiger partial charge in [-0.3, -0.25) is 0 Å². The fraction of sp³-hybridized carbons (Fsp3) is 0.212. The first-order valence-corrected chi connectivity index (χ1v) is 13.9. The molecule has 5 aromatic rings. The number of hydrogen-bond acceptors (Lipinski definition) is 6. The molecule has 0 radical (unpaired) electrons. The van der Waals surface area contributed by atoms with E-state index in [1.165, 1.54) is 30.3 Å². The minimum absolute atomic E-state index is 0.0265. The van der Waals surface area contributed by atoms with Crippen LogP contribution in [0, 0.1) is 34.7 Å². The number of hydrogen-bond donors (Lipinski definition) is 1. The van der Waals surface area contributed by atoms with Crippen LogP contribution in [0.15, 0.2) is 66.7 Å².